The first-order valence-electron chi connectivity index (χ1n) is 6.19. The van der Waals surface area contributed by atoms with Crippen molar-refractivity contribution in [2.75, 3.05) is 0 Å². The predicted molar refractivity (Wildman–Crippen MR) is 59.1 cm³/mol. The van der Waals surface area contributed by atoms with Gasteiger partial charge < -0.3 is 10.6 Å². The smallest absolute Gasteiger partial charge is 0.335 e. The first-order valence-corrected chi connectivity index (χ1v) is 6.19. The molecule has 0 unspecified atom stereocenters. The van der Waals surface area contributed by atoms with Crippen molar-refractivity contribution in [3.05, 3.63) is 0 Å². The maximum absolute atomic E-state index is 12.6. The van der Waals surface area contributed by atoms with Crippen LogP contribution in [0.4, 0.5) is 31.1 Å². The van der Waals surface area contributed by atoms with E-state index < -0.39 is 23.9 Å². The maximum Gasteiger partial charge on any atom is 0.420 e. The lowest BCUT2D eigenvalue weighted by atomic mass is 9.95. The number of urea groups is 1. The number of nitrogens with one attached hydrogen (secondary N) is 2. The third kappa shape index (κ3) is 3.69. The Kier molecular flexibility index (Phi) is 4.81. The third-order valence-corrected chi connectivity index (χ3v) is 3.44. The van der Waals surface area contributed by atoms with Crippen molar-refractivity contribution in [1.29, 1.82) is 0 Å². The van der Waals surface area contributed by atoms with Crippen molar-refractivity contribution in [3.63, 3.8) is 0 Å². The Morgan fingerprint density at radius 1 is 0.950 bits per heavy atom. The van der Waals surface area contributed by atoms with E-state index in [4.69, 9.17) is 0 Å². The molecule has 0 aromatic heterocycles. The quantitative estimate of drug-likeness (QED) is 0.753. The van der Waals surface area contributed by atoms with Gasteiger partial charge in [-0.3, -0.25) is 0 Å². The molecular formula is C11H16F6N2O. The van der Waals surface area contributed by atoms with Crippen LogP contribution in [-0.2, 0) is 0 Å². The second kappa shape index (κ2) is 5.69. The topological polar surface area (TPSA) is 41.1 Å². The minimum atomic E-state index is -5.63. The number of hydrogen-bond donors (Lipinski definition) is 2. The Hall–Kier alpha value is -1.15. The molecule has 0 spiro atoms. The lowest BCUT2D eigenvalue weighted by Crippen LogP contribution is -2.67. The Morgan fingerprint density at radius 3 is 1.80 bits per heavy atom. The summed E-state index contributed by atoms with van der Waals surface area (Å²) in [6.07, 6.45) is -7.61. The minimum Gasteiger partial charge on any atom is -0.335 e. The zero-order valence-corrected chi connectivity index (χ0v) is 10.8. The van der Waals surface area contributed by atoms with E-state index in [0.29, 0.717) is 12.8 Å². The van der Waals surface area contributed by atoms with Gasteiger partial charge in [-0.25, -0.2) is 4.79 Å². The molecule has 0 radical (unpaired) electrons. The van der Waals surface area contributed by atoms with Crippen molar-refractivity contribution in [1.82, 2.24) is 10.6 Å². The number of amides is 2. The molecule has 1 aliphatic carbocycles. The molecular weight excluding hydrogens is 290 g/mol. The number of alkyl halides is 6. The van der Waals surface area contributed by atoms with Crippen molar-refractivity contribution in [3.8, 4) is 0 Å². The van der Waals surface area contributed by atoms with Crippen LogP contribution in [0.5, 0.6) is 0 Å². The minimum absolute atomic E-state index is 0.0898. The monoisotopic (exact) mass is 306 g/mol. The van der Waals surface area contributed by atoms with E-state index in [1.165, 1.54) is 0 Å². The van der Waals surface area contributed by atoms with Gasteiger partial charge in [-0.1, -0.05) is 19.3 Å². The summed E-state index contributed by atoms with van der Waals surface area (Å²) in [5.74, 6) is 0. The lowest BCUT2D eigenvalue weighted by Gasteiger charge is -2.35. The summed E-state index contributed by atoms with van der Waals surface area (Å²) >= 11 is 0. The fourth-order valence-corrected chi connectivity index (χ4v) is 2.00. The molecule has 3 nitrogen and oxygen atoms in total. The molecule has 0 aliphatic heterocycles. The summed E-state index contributed by atoms with van der Waals surface area (Å²) in [4.78, 5) is 11.4. The van der Waals surface area contributed by atoms with Gasteiger partial charge in [0.1, 0.15) is 0 Å². The average Bonchev–Trinajstić information content (AvgIpc) is 2.26. The largest absolute Gasteiger partial charge is 0.420 e. The van der Waals surface area contributed by atoms with E-state index in [9.17, 15) is 31.1 Å². The Bertz CT molecular complexity index is 332. The van der Waals surface area contributed by atoms with Gasteiger partial charge in [-0.05, 0) is 19.8 Å². The summed E-state index contributed by atoms with van der Waals surface area (Å²) < 4.78 is 75.5. The number of carbonyl (C=O) groups is 1. The van der Waals surface area contributed by atoms with Gasteiger partial charge in [0, 0.05) is 6.04 Å². The predicted octanol–water partition coefficient (Wildman–Crippen LogP) is 3.50. The van der Waals surface area contributed by atoms with Gasteiger partial charge in [0.2, 0.25) is 5.54 Å². The summed E-state index contributed by atoms with van der Waals surface area (Å²) in [7, 11) is 0. The molecule has 0 saturated heterocycles. The van der Waals surface area contributed by atoms with E-state index in [-0.39, 0.29) is 13.0 Å². The summed E-state index contributed by atoms with van der Waals surface area (Å²) in [5, 5.41) is 3.19. The highest BCUT2D eigenvalue weighted by atomic mass is 19.4. The highest BCUT2D eigenvalue weighted by molar-refractivity contribution is 5.75. The molecule has 1 aliphatic rings. The fourth-order valence-electron chi connectivity index (χ4n) is 2.00. The van der Waals surface area contributed by atoms with Gasteiger partial charge in [-0.2, -0.15) is 26.3 Å². The Balaban J connectivity index is 2.73. The summed E-state index contributed by atoms with van der Waals surface area (Å²) in [6, 6.07) is -1.83. The molecule has 2 N–H and O–H groups in total. The van der Waals surface area contributed by atoms with E-state index in [1.807, 2.05) is 0 Å². The second-order valence-corrected chi connectivity index (χ2v) is 5.05. The van der Waals surface area contributed by atoms with E-state index >= 15 is 0 Å². The molecule has 0 aromatic rings. The molecule has 1 saturated carbocycles. The van der Waals surface area contributed by atoms with E-state index in [0.717, 1.165) is 24.6 Å². The summed E-state index contributed by atoms with van der Waals surface area (Å²) in [5.41, 5.74) is -4.27. The van der Waals surface area contributed by atoms with Crippen LogP contribution in [0.2, 0.25) is 0 Å². The van der Waals surface area contributed by atoms with Crippen molar-refractivity contribution in [2.24, 2.45) is 0 Å². The van der Waals surface area contributed by atoms with Gasteiger partial charge in [0.05, 0.1) is 0 Å². The molecule has 0 bridgehead atoms. The molecule has 1 fully saturated rings. The first-order chi connectivity index (χ1) is 8.97. The SMILES string of the molecule is CC(NC(=O)NC1CCCCC1)(C(F)(F)F)C(F)(F)F. The molecule has 2 amide bonds. The molecule has 9 heteroatoms. The van der Waals surface area contributed by atoms with Gasteiger partial charge in [0.25, 0.3) is 0 Å². The van der Waals surface area contributed by atoms with Crippen molar-refractivity contribution >= 4 is 6.03 Å². The van der Waals surface area contributed by atoms with Crippen LogP contribution in [-0.4, -0.2) is 30.0 Å². The molecule has 0 heterocycles. The highest BCUT2D eigenvalue weighted by Crippen LogP contribution is 2.42. The second-order valence-electron chi connectivity index (χ2n) is 5.05. The highest BCUT2D eigenvalue weighted by Gasteiger charge is 2.68. The van der Waals surface area contributed by atoms with Crippen LogP contribution in [0.25, 0.3) is 0 Å². The Morgan fingerprint density at radius 2 is 1.40 bits per heavy atom. The molecule has 118 valence electrons. The van der Waals surface area contributed by atoms with E-state index in [2.05, 4.69) is 5.32 Å². The zero-order valence-electron chi connectivity index (χ0n) is 10.8. The van der Waals surface area contributed by atoms with E-state index in [1.54, 1.807) is 0 Å². The van der Waals surface area contributed by atoms with Crippen molar-refractivity contribution in [2.45, 2.75) is 63.0 Å². The van der Waals surface area contributed by atoms with Gasteiger partial charge in [-0.15, -0.1) is 0 Å². The summed E-state index contributed by atoms with van der Waals surface area (Å²) in [6.45, 7) is -0.0898. The number of halogens is 6. The van der Waals surface area contributed by atoms with Gasteiger partial charge >= 0.3 is 18.4 Å². The van der Waals surface area contributed by atoms with Gasteiger partial charge in [0.15, 0.2) is 0 Å². The molecule has 0 atom stereocenters. The zero-order chi connectivity index (χ0) is 15.6. The van der Waals surface area contributed by atoms with Crippen LogP contribution in [0.1, 0.15) is 39.0 Å². The van der Waals surface area contributed by atoms with Crippen LogP contribution < -0.4 is 10.6 Å². The Labute approximate surface area is 112 Å². The lowest BCUT2D eigenvalue weighted by molar-refractivity contribution is -0.297. The first kappa shape index (κ1) is 16.9. The molecule has 1 rings (SSSR count). The van der Waals surface area contributed by atoms with Crippen LogP contribution in [0.3, 0.4) is 0 Å². The number of rotatable bonds is 2. The molecule has 0 aromatic carbocycles. The normalized spacial score (nSPS) is 18.8. The van der Waals surface area contributed by atoms with Crippen LogP contribution in [0.15, 0.2) is 0 Å². The number of hydrogen-bond acceptors (Lipinski definition) is 1. The van der Waals surface area contributed by atoms with Crippen LogP contribution >= 0.6 is 0 Å². The maximum atomic E-state index is 12.6. The number of carbonyl (C=O) groups excluding carboxylic acids is 1. The molecule has 20 heavy (non-hydrogen) atoms. The van der Waals surface area contributed by atoms with Crippen LogP contribution in [0, 0.1) is 0 Å². The average molecular weight is 306 g/mol. The fraction of sp³-hybridized carbons (Fsp3) is 0.909. The third-order valence-electron chi connectivity index (χ3n) is 3.44. The standard InChI is InChI=1S/C11H16F6N2O/c1-9(10(12,13)14,11(15,16)17)19-8(20)18-7-5-3-2-4-6-7/h7H,2-6H2,1H3,(H2,18,19,20). The van der Waals surface area contributed by atoms with Crippen molar-refractivity contribution < 1.29 is 31.1 Å².